The van der Waals surface area contributed by atoms with E-state index in [-0.39, 0.29) is 59.0 Å². The van der Waals surface area contributed by atoms with Gasteiger partial charge < -0.3 is 20.1 Å². The van der Waals surface area contributed by atoms with Crippen molar-refractivity contribution in [2.45, 2.75) is 97.2 Å². The minimum Gasteiger partial charge on any atom is -0.550 e. The number of hydrogen-bond acceptors (Lipinski definition) is 4. The number of aliphatic hydroxyl groups is 2. The molecule has 4 aliphatic rings. The molecule has 4 fully saturated rings. The van der Waals surface area contributed by atoms with Crippen molar-refractivity contribution in [3.63, 3.8) is 0 Å². The first-order valence-corrected chi connectivity index (χ1v) is 11.7. The van der Waals surface area contributed by atoms with Crippen molar-refractivity contribution in [1.29, 1.82) is 0 Å². The fourth-order valence-electron chi connectivity index (χ4n) is 8.71. The minimum atomic E-state index is -0.957. The number of carbonyl (C=O) groups excluding carboxylic acids is 1. The molecule has 4 nitrogen and oxygen atoms in total. The molecule has 0 bridgehead atoms. The van der Waals surface area contributed by atoms with Crippen LogP contribution in [0.25, 0.3) is 0 Å². The summed E-state index contributed by atoms with van der Waals surface area (Å²) < 4.78 is 0. The molecular formula is C24H39NaO4. The molecule has 0 aliphatic heterocycles. The predicted octanol–water partition coefficient (Wildman–Crippen LogP) is 0.147. The summed E-state index contributed by atoms with van der Waals surface area (Å²) in [6.07, 6.45) is 8.98. The summed E-state index contributed by atoms with van der Waals surface area (Å²) in [6.45, 7) is 6.94. The van der Waals surface area contributed by atoms with Crippen LogP contribution in [0.2, 0.25) is 0 Å². The van der Waals surface area contributed by atoms with Crippen LogP contribution in [0.5, 0.6) is 0 Å². The third-order valence-corrected chi connectivity index (χ3v) is 10.3. The van der Waals surface area contributed by atoms with Gasteiger partial charge in [-0.15, -0.1) is 0 Å². The molecule has 4 aliphatic carbocycles. The van der Waals surface area contributed by atoms with Crippen molar-refractivity contribution in [3.8, 4) is 0 Å². The largest absolute Gasteiger partial charge is 1.00 e. The number of fused-ring (bicyclic) bond motifs is 5. The molecule has 4 rings (SSSR count). The summed E-state index contributed by atoms with van der Waals surface area (Å²) in [5, 5.41) is 32.6. The van der Waals surface area contributed by atoms with Gasteiger partial charge in [0.1, 0.15) is 0 Å². The van der Waals surface area contributed by atoms with Crippen LogP contribution >= 0.6 is 0 Å². The smallest absolute Gasteiger partial charge is 0.550 e. The zero-order chi connectivity index (χ0) is 20.3. The second-order valence-electron chi connectivity index (χ2n) is 11.3. The van der Waals surface area contributed by atoms with E-state index in [0.717, 1.165) is 32.1 Å². The van der Waals surface area contributed by atoms with E-state index in [9.17, 15) is 20.1 Å². The van der Waals surface area contributed by atoms with Crippen LogP contribution in [0.15, 0.2) is 0 Å². The van der Waals surface area contributed by atoms with Crippen LogP contribution in [-0.2, 0) is 4.79 Å². The number of carboxylic acids is 1. The predicted molar refractivity (Wildman–Crippen MR) is 106 cm³/mol. The van der Waals surface area contributed by atoms with Crippen molar-refractivity contribution in [1.82, 2.24) is 0 Å². The van der Waals surface area contributed by atoms with Gasteiger partial charge in [-0.1, -0.05) is 20.8 Å². The molecular weight excluding hydrogens is 375 g/mol. The van der Waals surface area contributed by atoms with Gasteiger partial charge in [0.05, 0.1) is 12.2 Å². The second kappa shape index (κ2) is 8.73. The molecule has 29 heavy (non-hydrogen) atoms. The standard InChI is InChI=1S/C24H40O4.Na/c1-14(4-9-22(27)28)18-7-8-19-17-6-5-15-12-16(25)10-11-23(15,2)20(17)13-21(26)24(18,19)3;/h14-21,25-26H,4-13H2,1-3H3,(H,27,28);/q;+1/p-1/t14-,15?,16-,17+,18-,19+,20+,21+,23+,24-;/m1./s1. The molecule has 0 aromatic heterocycles. The van der Waals surface area contributed by atoms with E-state index in [1.807, 2.05) is 0 Å². The first kappa shape index (κ1) is 24.0. The Hall–Kier alpha value is 0.390. The number of carbonyl (C=O) groups is 1. The van der Waals surface area contributed by atoms with Crippen molar-refractivity contribution in [3.05, 3.63) is 0 Å². The van der Waals surface area contributed by atoms with E-state index in [1.54, 1.807) is 0 Å². The molecule has 0 amide bonds. The maximum absolute atomic E-state index is 11.5. The molecule has 4 saturated carbocycles. The molecule has 10 atom stereocenters. The Morgan fingerprint density at radius 1 is 1.07 bits per heavy atom. The Morgan fingerprint density at radius 2 is 1.79 bits per heavy atom. The van der Waals surface area contributed by atoms with Gasteiger partial charge in [-0.05, 0) is 111 Å². The topological polar surface area (TPSA) is 80.6 Å². The first-order chi connectivity index (χ1) is 13.2. The number of carboxylic acid groups (broad SMARTS) is 1. The summed E-state index contributed by atoms with van der Waals surface area (Å²) in [5.74, 6) is 2.19. The Kier molecular flexibility index (Phi) is 7.24. The zero-order valence-corrected chi connectivity index (χ0v) is 20.9. The van der Waals surface area contributed by atoms with Crippen LogP contribution < -0.4 is 34.7 Å². The number of hydrogen-bond donors (Lipinski definition) is 2. The van der Waals surface area contributed by atoms with Gasteiger partial charge in [-0.25, -0.2) is 0 Å². The maximum Gasteiger partial charge on any atom is 1.00 e. The molecule has 0 spiro atoms. The van der Waals surface area contributed by atoms with Gasteiger partial charge in [0, 0.05) is 5.97 Å². The first-order valence-electron chi connectivity index (χ1n) is 11.7. The van der Waals surface area contributed by atoms with E-state index in [0.29, 0.717) is 41.9 Å². The van der Waals surface area contributed by atoms with E-state index in [2.05, 4.69) is 20.8 Å². The van der Waals surface area contributed by atoms with Crippen LogP contribution in [0.3, 0.4) is 0 Å². The monoisotopic (exact) mass is 414 g/mol. The fourth-order valence-corrected chi connectivity index (χ4v) is 8.71. The summed E-state index contributed by atoms with van der Waals surface area (Å²) in [5.41, 5.74) is 0.188. The Balaban J connectivity index is 0.00000240. The minimum absolute atomic E-state index is 0. The molecule has 0 heterocycles. The SMILES string of the molecule is C[C@H](CCC(=O)[O-])[C@H]1CC[C@H]2[C@@H]3CCC4C[C@H](O)CC[C@]4(C)[C@H]3C[C@H](O)[C@]12C.[Na+]. The van der Waals surface area contributed by atoms with Crippen LogP contribution in [-0.4, -0.2) is 28.4 Å². The molecule has 0 saturated heterocycles. The average Bonchev–Trinajstić information content (AvgIpc) is 3.00. The van der Waals surface area contributed by atoms with Crippen LogP contribution in [0.1, 0.15) is 85.0 Å². The second-order valence-corrected chi connectivity index (χ2v) is 11.3. The van der Waals surface area contributed by atoms with E-state index >= 15 is 0 Å². The molecule has 5 heteroatoms. The Morgan fingerprint density at radius 3 is 2.48 bits per heavy atom. The van der Waals surface area contributed by atoms with Crippen molar-refractivity contribution < 1.29 is 49.7 Å². The molecule has 0 radical (unpaired) electrons. The summed E-state index contributed by atoms with van der Waals surface area (Å²) in [4.78, 5) is 10.9. The van der Waals surface area contributed by atoms with Gasteiger partial charge >= 0.3 is 29.6 Å². The maximum atomic E-state index is 11.5. The van der Waals surface area contributed by atoms with Crippen molar-refractivity contribution >= 4 is 5.97 Å². The van der Waals surface area contributed by atoms with E-state index in [4.69, 9.17) is 0 Å². The Bertz CT molecular complexity index is 612. The summed E-state index contributed by atoms with van der Waals surface area (Å²) in [6, 6.07) is 0. The molecule has 0 aromatic rings. The summed E-state index contributed by atoms with van der Waals surface area (Å²) >= 11 is 0. The van der Waals surface area contributed by atoms with Gasteiger partial charge in [0.15, 0.2) is 0 Å². The van der Waals surface area contributed by atoms with Gasteiger partial charge in [0.25, 0.3) is 0 Å². The van der Waals surface area contributed by atoms with Crippen molar-refractivity contribution in [2.75, 3.05) is 0 Å². The molecule has 1 unspecified atom stereocenters. The van der Waals surface area contributed by atoms with E-state index in [1.165, 1.54) is 19.3 Å². The quantitative estimate of drug-likeness (QED) is 0.642. The fraction of sp³-hybridized carbons (Fsp3) is 0.958. The zero-order valence-electron chi connectivity index (χ0n) is 18.9. The van der Waals surface area contributed by atoms with E-state index < -0.39 is 5.97 Å². The third-order valence-electron chi connectivity index (χ3n) is 10.3. The summed E-state index contributed by atoms with van der Waals surface area (Å²) in [7, 11) is 0. The third kappa shape index (κ3) is 3.88. The van der Waals surface area contributed by atoms with Gasteiger partial charge in [-0.2, -0.15) is 0 Å². The van der Waals surface area contributed by atoms with Gasteiger partial charge in [-0.3, -0.25) is 0 Å². The number of aliphatic hydroxyl groups excluding tert-OH is 2. The molecule has 160 valence electrons. The van der Waals surface area contributed by atoms with Crippen molar-refractivity contribution in [2.24, 2.45) is 46.3 Å². The normalized spacial score (nSPS) is 49.9. The van der Waals surface area contributed by atoms with Crippen LogP contribution in [0.4, 0.5) is 0 Å². The Labute approximate surface area is 198 Å². The molecule has 0 aromatic carbocycles. The van der Waals surface area contributed by atoms with Crippen LogP contribution in [0, 0.1) is 46.3 Å². The average molecular weight is 415 g/mol. The number of aliphatic carboxylic acids is 1. The number of rotatable bonds is 4. The van der Waals surface area contributed by atoms with Gasteiger partial charge in [0.2, 0.25) is 0 Å². The molecule has 2 N–H and O–H groups in total.